The van der Waals surface area contributed by atoms with E-state index in [9.17, 15) is 5.11 Å². The third-order valence-electron chi connectivity index (χ3n) is 4.52. The zero-order valence-corrected chi connectivity index (χ0v) is 10.1. The van der Waals surface area contributed by atoms with Gasteiger partial charge in [0.15, 0.2) is 0 Å². The van der Waals surface area contributed by atoms with Crippen LogP contribution in [-0.4, -0.2) is 23.3 Å². The minimum Gasteiger partial charge on any atom is -0.388 e. The molecule has 0 radical (unpaired) electrons. The molecule has 0 bridgehead atoms. The van der Waals surface area contributed by atoms with Gasteiger partial charge in [0.05, 0.1) is 5.60 Å². The lowest BCUT2D eigenvalue weighted by Gasteiger charge is -2.38. The molecule has 0 amide bonds. The number of hydrogen-bond donors (Lipinski definition) is 2. The molecule has 2 fully saturated rings. The highest BCUT2D eigenvalue weighted by atomic mass is 16.3. The lowest BCUT2D eigenvalue weighted by atomic mass is 9.82. The number of hydrogen-bond acceptors (Lipinski definition) is 2. The summed E-state index contributed by atoms with van der Waals surface area (Å²) < 4.78 is 0. The highest BCUT2D eigenvalue weighted by Gasteiger charge is 2.43. The maximum Gasteiger partial charge on any atom is 0.0802 e. The Balaban J connectivity index is 1.96. The molecule has 2 heteroatoms. The van der Waals surface area contributed by atoms with Gasteiger partial charge in [-0.2, -0.15) is 0 Å². The standard InChI is InChI=1S/C13H25NO/c1-3-11-4-6-13(15,9-11)12-8-10(2)5-7-14-12/h10-12,14-15H,3-9H2,1-2H3. The predicted octanol–water partition coefficient (Wildman–Crippen LogP) is 2.32. The van der Waals surface area contributed by atoms with Crippen molar-refractivity contribution in [3.63, 3.8) is 0 Å². The summed E-state index contributed by atoms with van der Waals surface area (Å²) >= 11 is 0. The molecule has 4 atom stereocenters. The summed E-state index contributed by atoms with van der Waals surface area (Å²) in [6.07, 6.45) is 6.91. The first-order valence-electron chi connectivity index (χ1n) is 6.60. The number of aliphatic hydroxyl groups is 1. The minimum absolute atomic E-state index is 0.359. The molecule has 2 aliphatic rings. The van der Waals surface area contributed by atoms with E-state index in [0.717, 1.165) is 37.6 Å². The van der Waals surface area contributed by atoms with E-state index in [-0.39, 0.29) is 0 Å². The molecule has 0 aromatic heterocycles. The highest BCUT2D eigenvalue weighted by Crippen LogP contribution is 2.40. The molecular formula is C13H25NO. The lowest BCUT2D eigenvalue weighted by molar-refractivity contribution is -0.0108. The molecule has 2 N–H and O–H groups in total. The summed E-state index contributed by atoms with van der Waals surface area (Å²) in [6.45, 7) is 5.64. The zero-order valence-electron chi connectivity index (χ0n) is 10.1. The highest BCUT2D eigenvalue weighted by molar-refractivity contribution is 4.99. The smallest absolute Gasteiger partial charge is 0.0802 e. The Kier molecular flexibility index (Phi) is 3.36. The normalized spacial score (nSPS) is 47.0. The van der Waals surface area contributed by atoms with Crippen molar-refractivity contribution >= 4 is 0 Å². The van der Waals surface area contributed by atoms with Gasteiger partial charge in [-0.25, -0.2) is 0 Å². The van der Waals surface area contributed by atoms with Crippen LogP contribution in [-0.2, 0) is 0 Å². The summed E-state index contributed by atoms with van der Waals surface area (Å²) in [7, 11) is 0. The van der Waals surface area contributed by atoms with E-state index in [2.05, 4.69) is 19.2 Å². The maximum atomic E-state index is 10.7. The van der Waals surface area contributed by atoms with E-state index in [1.807, 2.05) is 0 Å². The van der Waals surface area contributed by atoms with Crippen LogP contribution in [0.1, 0.15) is 52.4 Å². The monoisotopic (exact) mass is 211 g/mol. The number of piperidine rings is 1. The summed E-state index contributed by atoms with van der Waals surface area (Å²) in [6, 6.07) is 0.359. The Hall–Kier alpha value is -0.0800. The van der Waals surface area contributed by atoms with Crippen molar-refractivity contribution < 1.29 is 5.11 Å². The predicted molar refractivity (Wildman–Crippen MR) is 62.8 cm³/mol. The molecule has 0 aromatic carbocycles. The molecule has 2 nitrogen and oxygen atoms in total. The van der Waals surface area contributed by atoms with E-state index >= 15 is 0 Å². The van der Waals surface area contributed by atoms with Crippen LogP contribution in [0.25, 0.3) is 0 Å². The van der Waals surface area contributed by atoms with Gasteiger partial charge in [0, 0.05) is 6.04 Å². The Morgan fingerprint density at radius 2 is 2.20 bits per heavy atom. The first-order chi connectivity index (χ1) is 7.14. The molecule has 1 saturated heterocycles. The van der Waals surface area contributed by atoms with Crippen LogP contribution in [0.2, 0.25) is 0 Å². The molecule has 1 aliphatic carbocycles. The molecule has 0 spiro atoms. The second kappa shape index (κ2) is 4.42. The van der Waals surface area contributed by atoms with Gasteiger partial charge in [-0.15, -0.1) is 0 Å². The summed E-state index contributed by atoms with van der Waals surface area (Å²) in [5, 5.41) is 14.2. The fourth-order valence-electron chi connectivity index (χ4n) is 3.34. The van der Waals surface area contributed by atoms with Gasteiger partial charge < -0.3 is 10.4 Å². The number of rotatable bonds is 2. The quantitative estimate of drug-likeness (QED) is 0.734. The molecule has 88 valence electrons. The molecular weight excluding hydrogens is 186 g/mol. The van der Waals surface area contributed by atoms with Gasteiger partial charge in [-0.3, -0.25) is 0 Å². The third-order valence-corrected chi connectivity index (χ3v) is 4.52. The van der Waals surface area contributed by atoms with Crippen molar-refractivity contribution in [1.82, 2.24) is 5.32 Å². The molecule has 0 aromatic rings. The molecule has 2 rings (SSSR count). The van der Waals surface area contributed by atoms with Gasteiger partial charge in [-0.05, 0) is 50.5 Å². The van der Waals surface area contributed by atoms with Crippen LogP contribution in [0.5, 0.6) is 0 Å². The molecule has 1 heterocycles. The van der Waals surface area contributed by atoms with Crippen LogP contribution in [0.4, 0.5) is 0 Å². The summed E-state index contributed by atoms with van der Waals surface area (Å²) in [5.41, 5.74) is -0.393. The largest absolute Gasteiger partial charge is 0.388 e. The Bertz CT molecular complexity index is 219. The number of nitrogens with one attached hydrogen (secondary N) is 1. The average Bonchev–Trinajstić information content (AvgIpc) is 2.62. The van der Waals surface area contributed by atoms with Crippen molar-refractivity contribution in [1.29, 1.82) is 0 Å². The van der Waals surface area contributed by atoms with Crippen molar-refractivity contribution in [3.8, 4) is 0 Å². The average molecular weight is 211 g/mol. The van der Waals surface area contributed by atoms with Crippen molar-refractivity contribution in [2.24, 2.45) is 11.8 Å². The first-order valence-corrected chi connectivity index (χ1v) is 6.60. The lowest BCUT2D eigenvalue weighted by Crippen LogP contribution is -2.53. The SMILES string of the molecule is CCC1CCC(O)(C2CC(C)CCN2)C1. The summed E-state index contributed by atoms with van der Waals surface area (Å²) in [5.74, 6) is 1.54. The molecule has 1 aliphatic heterocycles. The third kappa shape index (κ3) is 2.36. The second-order valence-corrected chi connectivity index (χ2v) is 5.76. The van der Waals surface area contributed by atoms with Crippen LogP contribution in [0.15, 0.2) is 0 Å². The Morgan fingerprint density at radius 1 is 1.40 bits per heavy atom. The summed E-state index contributed by atoms with van der Waals surface area (Å²) in [4.78, 5) is 0. The second-order valence-electron chi connectivity index (χ2n) is 5.76. The minimum atomic E-state index is -0.393. The van der Waals surface area contributed by atoms with Crippen molar-refractivity contribution in [3.05, 3.63) is 0 Å². The van der Waals surface area contributed by atoms with Crippen LogP contribution >= 0.6 is 0 Å². The van der Waals surface area contributed by atoms with E-state index in [1.54, 1.807) is 0 Å². The van der Waals surface area contributed by atoms with Crippen molar-refractivity contribution in [2.45, 2.75) is 64.0 Å². The van der Waals surface area contributed by atoms with Crippen LogP contribution in [0, 0.1) is 11.8 Å². The Labute approximate surface area is 93.5 Å². The van der Waals surface area contributed by atoms with Crippen molar-refractivity contribution in [2.75, 3.05) is 6.54 Å². The zero-order chi connectivity index (χ0) is 10.9. The molecule has 4 unspecified atom stereocenters. The Morgan fingerprint density at radius 3 is 2.80 bits per heavy atom. The van der Waals surface area contributed by atoms with Gasteiger partial charge in [0.1, 0.15) is 0 Å². The van der Waals surface area contributed by atoms with Gasteiger partial charge in [-0.1, -0.05) is 20.3 Å². The first kappa shape index (κ1) is 11.4. The van der Waals surface area contributed by atoms with Crippen LogP contribution < -0.4 is 5.32 Å². The fourth-order valence-corrected chi connectivity index (χ4v) is 3.34. The van der Waals surface area contributed by atoms with Gasteiger partial charge in [0.2, 0.25) is 0 Å². The maximum absolute atomic E-state index is 10.7. The van der Waals surface area contributed by atoms with Gasteiger partial charge >= 0.3 is 0 Å². The van der Waals surface area contributed by atoms with Gasteiger partial charge in [0.25, 0.3) is 0 Å². The fraction of sp³-hybridized carbons (Fsp3) is 1.00. The van der Waals surface area contributed by atoms with E-state index in [0.29, 0.717) is 6.04 Å². The molecule has 1 saturated carbocycles. The van der Waals surface area contributed by atoms with E-state index in [4.69, 9.17) is 0 Å². The van der Waals surface area contributed by atoms with Crippen LogP contribution in [0.3, 0.4) is 0 Å². The molecule has 15 heavy (non-hydrogen) atoms. The van der Waals surface area contributed by atoms with E-state index < -0.39 is 5.60 Å². The van der Waals surface area contributed by atoms with E-state index in [1.165, 1.54) is 19.3 Å². The topological polar surface area (TPSA) is 32.3 Å².